The van der Waals surface area contributed by atoms with Crippen LogP contribution in [0.5, 0.6) is 5.75 Å². The molecule has 0 N–H and O–H groups in total. The van der Waals surface area contributed by atoms with E-state index < -0.39 is 0 Å². The molecule has 7 heteroatoms. The second-order valence-corrected chi connectivity index (χ2v) is 5.48. The van der Waals surface area contributed by atoms with Crippen LogP contribution in [0.4, 0.5) is 4.39 Å². The van der Waals surface area contributed by atoms with Gasteiger partial charge in [-0.2, -0.15) is 4.98 Å². The maximum Gasteiger partial charge on any atom is 0.252 e. The Labute approximate surface area is 131 Å². The van der Waals surface area contributed by atoms with Crippen LogP contribution in [0.15, 0.2) is 36.7 Å². The van der Waals surface area contributed by atoms with Gasteiger partial charge in [-0.3, -0.25) is 0 Å². The highest BCUT2D eigenvalue weighted by Crippen LogP contribution is 2.29. The summed E-state index contributed by atoms with van der Waals surface area (Å²) >= 11 is 0. The van der Waals surface area contributed by atoms with Crippen LogP contribution in [-0.4, -0.2) is 39.4 Å². The average Bonchev–Trinajstić information content (AvgIpc) is 3.22. The molecule has 4 rings (SSSR count). The van der Waals surface area contributed by atoms with Crippen molar-refractivity contribution in [3.05, 3.63) is 42.5 Å². The lowest BCUT2D eigenvalue weighted by Gasteiger charge is -2.12. The molecule has 118 valence electrons. The second kappa shape index (κ2) is 5.92. The molecule has 1 saturated heterocycles. The van der Waals surface area contributed by atoms with Crippen LogP contribution in [0.25, 0.3) is 17.2 Å². The lowest BCUT2D eigenvalue weighted by Crippen LogP contribution is -2.12. The Balaban J connectivity index is 1.66. The van der Waals surface area contributed by atoms with E-state index in [0.717, 1.165) is 13.0 Å². The van der Waals surface area contributed by atoms with Crippen molar-refractivity contribution in [1.29, 1.82) is 0 Å². The standard InChI is InChI=1S/C16H15FN4O2/c17-12-2-3-14(23-10-11-4-7-22-9-11)13(8-12)15-19-16-18-5-1-6-21(16)20-15/h1-3,5-6,8,11H,4,7,9-10H2/t11-/m0/s1. The number of rotatable bonds is 4. The van der Waals surface area contributed by atoms with Crippen molar-refractivity contribution in [1.82, 2.24) is 19.6 Å². The zero-order valence-corrected chi connectivity index (χ0v) is 12.4. The maximum atomic E-state index is 13.7. The lowest BCUT2D eigenvalue weighted by atomic mass is 10.1. The first-order valence-electron chi connectivity index (χ1n) is 7.47. The predicted molar refractivity (Wildman–Crippen MR) is 80.6 cm³/mol. The summed E-state index contributed by atoms with van der Waals surface area (Å²) in [5.41, 5.74) is 0.523. The minimum absolute atomic E-state index is 0.358. The Morgan fingerprint density at radius 3 is 3.17 bits per heavy atom. The summed E-state index contributed by atoms with van der Waals surface area (Å²) in [6.07, 6.45) is 4.36. The molecule has 1 aromatic carbocycles. The average molecular weight is 314 g/mol. The highest BCUT2D eigenvalue weighted by atomic mass is 19.1. The second-order valence-electron chi connectivity index (χ2n) is 5.48. The Bertz CT molecular complexity index is 797. The van der Waals surface area contributed by atoms with Gasteiger partial charge in [0, 0.05) is 24.9 Å². The molecule has 2 aromatic heterocycles. The molecule has 0 saturated carbocycles. The van der Waals surface area contributed by atoms with Crippen molar-refractivity contribution in [3.63, 3.8) is 0 Å². The van der Waals surface area contributed by atoms with Crippen LogP contribution in [0.3, 0.4) is 0 Å². The number of halogens is 1. The number of hydrogen-bond acceptors (Lipinski definition) is 5. The van der Waals surface area contributed by atoms with E-state index in [-0.39, 0.29) is 5.82 Å². The molecular formula is C16H15FN4O2. The first-order chi connectivity index (χ1) is 11.3. The Morgan fingerprint density at radius 1 is 1.39 bits per heavy atom. The number of hydrogen-bond donors (Lipinski definition) is 0. The molecule has 0 radical (unpaired) electrons. The summed E-state index contributed by atoms with van der Waals surface area (Å²) < 4.78 is 26.4. The summed E-state index contributed by atoms with van der Waals surface area (Å²) in [5, 5.41) is 4.34. The molecule has 6 nitrogen and oxygen atoms in total. The minimum Gasteiger partial charge on any atom is -0.492 e. The number of benzene rings is 1. The van der Waals surface area contributed by atoms with Crippen LogP contribution >= 0.6 is 0 Å². The van der Waals surface area contributed by atoms with Crippen molar-refractivity contribution in [2.45, 2.75) is 6.42 Å². The molecule has 1 aliphatic heterocycles. The van der Waals surface area contributed by atoms with E-state index in [1.165, 1.54) is 12.1 Å². The van der Waals surface area contributed by atoms with Gasteiger partial charge in [0.1, 0.15) is 11.6 Å². The largest absolute Gasteiger partial charge is 0.492 e. The van der Waals surface area contributed by atoms with Crippen LogP contribution in [0.1, 0.15) is 6.42 Å². The minimum atomic E-state index is -0.358. The first kappa shape index (κ1) is 14.1. The SMILES string of the molecule is Fc1ccc(OC[C@H]2CCOC2)c(-c2nc3ncccn3n2)c1. The van der Waals surface area contributed by atoms with Crippen LogP contribution in [0.2, 0.25) is 0 Å². The molecule has 1 atom stereocenters. The Morgan fingerprint density at radius 2 is 2.35 bits per heavy atom. The van der Waals surface area contributed by atoms with E-state index in [4.69, 9.17) is 9.47 Å². The van der Waals surface area contributed by atoms with Gasteiger partial charge in [0.05, 0.1) is 18.8 Å². The number of fused-ring (bicyclic) bond motifs is 1. The Kier molecular flexibility index (Phi) is 3.63. The number of aromatic nitrogens is 4. The predicted octanol–water partition coefficient (Wildman–Crippen LogP) is 2.35. The summed E-state index contributed by atoms with van der Waals surface area (Å²) in [4.78, 5) is 8.46. The molecule has 0 unspecified atom stereocenters. The molecule has 0 aliphatic carbocycles. The van der Waals surface area contributed by atoms with Gasteiger partial charge in [0.2, 0.25) is 0 Å². The van der Waals surface area contributed by atoms with Crippen molar-refractivity contribution in [3.8, 4) is 17.1 Å². The Hall–Kier alpha value is -2.54. The molecule has 1 fully saturated rings. The summed E-state index contributed by atoms with van der Waals surface area (Å²) in [7, 11) is 0. The van der Waals surface area contributed by atoms with E-state index in [1.807, 2.05) is 0 Å². The van der Waals surface area contributed by atoms with E-state index in [9.17, 15) is 4.39 Å². The highest BCUT2D eigenvalue weighted by molar-refractivity contribution is 5.65. The van der Waals surface area contributed by atoms with Crippen LogP contribution in [0, 0.1) is 11.7 Å². The van der Waals surface area contributed by atoms with Crippen LogP contribution < -0.4 is 4.74 Å². The third-order valence-corrected chi connectivity index (χ3v) is 3.80. The van der Waals surface area contributed by atoms with E-state index >= 15 is 0 Å². The highest BCUT2D eigenvalue weighted by Gasteiger charge is 2.19. The van der Waals surface area contributed by atoms with Gasteiger partial charge < -0.3 is 9.47 Å². The van der Waals surface area contributed by atoms with Gasteiger partial charge in [-0.1, -0.05) is 0 Å². The summed E-state index contributed by atoms with van der Waals surface area (Å²) in [6.45, 7) is 2.00. The molecule has 1 aliphatic rings. The molecule has 0 amide bonds. The fraction of sp³-hybridized carbons (Fsp3) is 0.312. The van der Waals surface area contributed by atoms with Gasteiger partial charge in [0.15, 0.2) is 5.82 Å². The smallest absolute Gasteiger partial charge is 0.252 e. The molecular weight excluding hydrogens is 299 g/mol. The van der Waals surface area contributed by atoms with E-state index in [2.05, 4.69) is 15.1 Å². The molecule has 3 heterocycles. The van der Waals surface area contributed by atoms with E-state index in [0.29, 0.717) is 42.0 Å². The van der Waals surface area contributed by atoms with E-state index in [1.54, 1.807) is 29.0 Å². The lowest BCUT2D eigenvalue weighted by molar-refractivity contribution is 0.167. The van der Waals surface area contributed by atoms with Gasteiger partial charge in [-0.05, 0) is 30.7 Å². The molecule has 0 spiro atoms. The first-order valence-corrected chi connectivity index (χ1v) is 7.47. The number of nitrogens with zero attached hydrogens (tertiary/aromatic N) is 4. The zero-order valence-electron chi connectivity index (χ0n) is 12.4. The molecule has 3 aromatic rings. The van der Waals surface area contributed by atoms with Crippen molar-refractivity contribution < 1.29 is 13.9 Å². The third-order valence-electron chi connectivity index (χ3n) is 3.80. The number of ether oxygens (including phenoxy) is 2. The monoisotopic (exact) mass is 314 g/mol. The van der Waals surface area contributed by atoms with Crippen LogP contribution in [-0.2, 0) is 4.74 Å². The third kappa shape index (κ3) is 2.87. The zero-order chi connectivity index (χ0) is 15.6. The van der Waals surface area contributed by atoms with Crippen molar-refractivity contribution in [2.75, 3.05) is 19.8 Å². The van der Waals surface area contributed by atoms with Gasteiger partial charge in [0.25, 0.3) is 5.78 Å². The quantitative estimate of drug-likeness (QED) is 0.740. The van der Waals surface area contributed by atoms with Gasteiger partial charge in [-0.25, -0.2) is 13.9 Å². The van der Waals surface area contributed by atoms with Crippen molar-refractivity contribution in [2.24, 2.45) is 5.92 Å². The maximum absolute atomic E-state index is 13.7. The topological polar surface area (TPSA) is 61.5 Å². The van der Waals surface area contributed by atoms with Crippen molar-refractivity contribution >= 4 is 5.78 Å². The fourth-order valence-corrected chi connectivity index (χ4v) is 2.57. The van der Waals surface area contributed by atoms with Gasteiger partial charge >= 0.3 is 0 Å². The normalized spacial score (nSPS) is 17.7. The molecule has 23 heavy (non-hydrogen) atoms. The molecule has 0 bridgehead atoms. The summed E-state index contributed by atoms with van der Waals surface area (Å²) in [5.74, 6) is 1.42. The van der Waals surface area contributed by atoms with Gasteiger partial charge in [-0.15, -0.1) is 5.10 Å². The fourth-order valence-electron chi connectivity index (χ4n) is 2.57. The summed E-state index contributed by atoms with van der Waals surface area (Å²) in [6, 6.07) is 6.13.